The maximum Gasteiger partial charge on any atom is 0.143 e. The molecule has 0 fully saturated rings. The quantitative estimate of drug-likeness (QED) is 0.720. The number of nitrogen functional groups attached to an aromatic ring is 1. The van der Waals surface area contributed by atoms with Gasteiger partial charge in [-0.1, -0.05) is 12.1 Å². The van der Waals surface area contributed by atoms with Gasteiger partial charge in [-0.25, -0.2) is 9.97 Å². The zero-order valence-corrected chi connectivity index (χ0v) is 9.84. The van der Waals surface area contributed by atoms with Crippen LogP contribution in [0.25, 0.3) is 22.2 Å². The van der Waals surface area contributed by atoms with Gasteiger partial charge in [0, 0.05) is 11.8 Å². The standard InChI is InChI=1S/C13H12N4O/c1-18-9-4-2-3-8(5-9)10-6-15-13-11(10)12(14)16-7-17-13/h2-7H,1H3,(H3,14,15,16,17). The van der Waals surface area contributed by atoms with E-state index < -0.39 is 0 Å². The maximum absolute atomic E-state index is 5.91. The Morgan fingerprint density at radius 2 is 2.17 bits per heavy atom. The predicted molar refractivity (Wildman–Crippen MR) is 70.3 cm³/mol. The Kier molecular flexibility index (Phi) is 2.37. The highest BCUT2D eigenvalue weighted by Crippen LogP contribution is 2.32. The van der Waals surface area contributed by atoms with Crippen LogP contribution in [0.2, 0.25) is 0 Å². The van der Waals surface area contributed by atoms with Crippen molar-refractivity contribution < 1.29 is 4.74 Å². The molecule has 1 aromatic carbocycles. The Morgan fingerprint density at radius 3 is 3.00 bits per heavy atom. The lowest BCUT2D eigenvalue weighted by molar-refractivity contribution is 0.415. The van der Waals surface area contributed by atoms with Gasteiger partial charge >= 0.3 is 0 Å². The van der Waals surface area contributed by atoms with E-state index in [9.17, 15) is 0 Å². The lowest BCUT2D eigenvalue weighted by Crippen LogP contribution is -1.92. The Hall–Kier alpha value is -2.56. The molecule has 0 bridgehead atoms. The number of hydrogen-bond donors (Lipinski definition) is 2. The summed E-state index contributed by atoms with van der Waals surface area (Å²) in [6.45, 7) is 0. The number of nitrogens with one attached hydrogen (secondary N) is 1. The van der Waals surface area contributed by atoms with Crippen LogP contribution < -0.4 is 10.5 Å². The number of nitrogens with zero attached hydrogens (tertiary/aromatic N) is 2. The summed E-state index contributed by atoms with van der Waals surface area (Å²) < 4.78 is 5.22. The minimum absolute atomic E-state index is 0.471. The topological polar surface area (TPSA) is 76.8 Å². The molecule has 5 heteroatoms. The number of H-pyrrole nitrogens is 1. The number of rotatable bonds is 2. The minimum Gasteiger partial charge on any atom is -0.497 e. The van der Waals surface area contributed by atoms with E-state index in [2.05, 4.69) is 15.0 Å². The van der Waals surface area contributed by atoms with Crippen molar-refractivity contribution in [2.75, 3.05) is 12.8 Å². The largest absolute Gasteiger partial charge is 0.497 e. The number of fused-ring (bicyclic) bond motifs is 1. The van der Waals surface area contributed by atoms with Crippen LogP contribution in [0.4, 0.5) is 5.82 Å². The van der Waals surface area contributed by atoms with Crippen molar-refractivity contribution in [2.24, 2.45) is 0 Å². The molecule has 0 aliphatic rings. The Balaban J connectivity index is 2.25. The van der Waals surface area contributed by atoms with Crippen molar-refractivity contribution in [2.45, 2.75) is 0 Å². The van der Waals surface area contributed by atoms with Crippen molar-refractivity contribution >= 4 is 16.9 Å². The molecule has 90 valence electrons. The smallest absolute Gasteiger partial charge is 0.143 e. The van der Waals surface area contributed by atoms with Crippen LogP contribution in [0.15, 0.2) is 36.8 Å². The second kappa shape index (κ2) is 4.03. The van der Waals surface area contributed by atoms with Crippen LogP contribution in [-0.2, 0) is 0 Å². The monoisotopic (exact) mass is 240 g/mol. The molecule has 5 nitrogen and oxygen atoms in total. The number of benzene rings is 1. The van der Waals surface area contributed by atoms with Gasteiger partial charge in [0.05, 0.1) is 12.5 Å². The Morgan fingerprint density at radius 1 is 1.28 bits per heavy atom. The average molecular weight is 240 g/mol. The van der Waals surface area contributed by atoms with E-state index in [1.54, 1.807) is 7.11 Å². The second-order valence-corrected chi connectivity index (χ2v) is 3.92. The van der Waals surface area contributed by atoms with Gasteiger partial charge in [-0.2, -0.15) is 0 Å². The van der Waals surface area contributed by atoms with Gasteiger partial charge < -0.3 is 15.5 Å². The summed E-state index contributed by atoms with van der Waals surface area (Å²) in [6.07, 6.45) is 3.33. The molecule has 0 unspecified atom stereocenters. The van der Waals surface area contributed by atoms with Crippen molar-refractivity contribution in [1.82, 2.24) is 15.0 Å². The third-order valence-corrected chi connectivity index (χ3v) is 2.88. The number of hydrogen-bond acceptors (Lipinski definition) is 4. The van der Waals surface area contributed by atoms with Gasteiger partial charge in [0.15, 0.2) is 0 Å². The van der Waals surface area contributed by atoms with E-state index in [0.29, 0.717) is 5.82 Å². The number of anilines is 1. The lowest BCUT2D eigenvalue weighted by atomic mass is 10.1. The zero-order chi connectivity index (χ0) is 12.5. The first-order chi connectivity index (χ1) is 8.79. The summed E-state index contributed by atoms with van der Waals surface area (Å²) in [5.74, 6) is 1.27. The number of methoxy groups -OCH3 is 1. The SMILES string of the molecule is COc1cccc(-c2c[nH]c3ncnc(N)c23)c1. The molecule has 0 aliphatic carbocycles. The molecule has 18 heavy (non-hydrogen) atoms. The summed E-state index contributed by atoms with van der Waals surface area (Å²) in [6, 6.07) is 7.79. The molecule has 0 atom stereocenters. The van der Waals surface area contributed by atoms with Crippen LogP contribution in [-0.4, -0.2) is 22.1 Å². The highest BCUT2D eigenvalue weighted by molar-refractivity contribution is 6.00. The van der Waals surface area contributed by atoms with E-state index in [4.69, 9.17) is 10.5 Å². The molecule has 0 spiro atoms. The summed E-state index contributed by atoms with van der Waals surface area (Å²) in [5.41, 5.74) is 8.63. The van der Waals surface area contributed by atoms with Gasteiger partial charge in [0.2, 0.25) is 0 Å². The van der Waals surface area contributed by atoms with Gasteiger partial charge in [-0.05, 0) is 17.7 Å². The van der Waals surface area contributed by atoms with Crippen LogP contribution in [0, 0.1) is 0 Å². The molecular weight excluding hydrogens is 228 g/mol. The Bertz CT molecular complexity index is 705. The average Bonchev–Trinajstić information content (AvgIpc) is 2.84. The highest BCUT2D eigenvalue weighted by atomic mass is 16.5. The normalized spacial score (nSPS) is 10.7. The minimum atomic E-state index is 0.471. The molecule has 0 saturated carbocycles. The summed E-state index contributed by atoms with van der Waals surface area (Å²) in [5, 5.41) is 0.839. The molecule has 0 amide bonds. The molecule has 2 aromatic heterocycles. The van der Waals surface area contributed by atoms with Crippen molar-refractivity contribution in [3.05, 3.63) is 36.8 Å². The van der Waals surface area contributed by atoms with E-state index in [-0.39, 0.29) is 0 Å². The fraction of sp³-hybridized carbons (Fsp3) is 0.0769. The third-order valence-electron chi connectivity index (χ3n) is 2.88. The van der Waals surface area contributed by atoms with Crippen LogP contribution in [0.1, 0.15) is 0 Å². The summed E-state index contributed by atoms with van der Waals surface area (Å²) in [4.78, 5) is 11.3. The van der Waals surface area contributed by atoms with Gasteiger partial charge in [-0.3, -0.25) is 0 Å². The van der Waals surface area contributed by atoms with E-state index in [1.807, 2.05) is 30.5 Å². The van der Waals surface area contributed by atoms with E-state index >= 15 is 0 Å². The number of nitrogens with two attached hydrogens (primary N) is 1. The molecule has 3 aromatic rings. The second-order valence-electron chi connectivity index (χ2n) is 3.92. The Labute approximate surface area is 104 Å². The van der Waals surface area contributed by atoms with E-state index in [1.165, 1.54) is 6.33 Å². The number of ether oxygens (including phenoxy) is 1. The third kappa shape index (κ3) is 1.57. The summed E-state index contributed by atoms with van der Waals surface area (Å²) >= 11 is 0. The van der Waals surface area contributed by atoms with Crippen molar-refractivity contribution in [1.29, 1.82) is 0 Å². The van der Waals surface area contributed by atoms with Gasteiger partial charge in [-0.15, -0.1) is 0 Å². The lowest BCUT2D eigenvalue weighted by Gasteiger charge is -2.04. The van der Waals surface area contributed by atoms with Crippen LogP contribution >= 0.6 is 0 Å². The van der Waals surface area contributed by atoms with Gasteiger partial charge in [0.1, 0.15) is 23.5 Å². The molecule has 0 aliphatic heterocycles. The number of aromatic nitrogens is 3. The first-order valence-electron chi connectivity index (χ1n) is 5.51. The first kappa shape index (κ1) is 10.6. The highest BCUT2D eigenvalue weighted by Gasteiger charge is 2.11. The molecule has 3 rings (SSSR count). The summed E-state index contributed by atoms with van der Waals surface area (Å²) in [7, 11) is 1.64. The van der Waals surface area contributed by atoms with Crippen LogP contribution in [0.3, 0.4) is 0 Å². The fourth-order valence-corrected chi connectivity index (χ4v) is 2.01. The number of aromatic amines is 1. The van der Waals surface area contributed by atoms with Crippen LogP contribution in [0.5, 0.6) is 5.75 Å². The zero-order valence-electron chi connectivity index (χ0n) is 9.84. The maximum atomic E-state index is 5.91. The molecule has 3 N–H and O–H groups in total. The van der Waals surface area contributed by atoms with Gasteiger partial charge in [0.25, 0.3) is 0 Å². The molecule has 0 radical (unpaired) electrons. The predicted octanol–water partition coefficient (Wildman–Crippen LogP) is 2.22. The first-order valence-corrected chi connectivity index (χ1v) is 5.51. The fourth-order valence-electron chi connectivity index (χ4n) is 2.01. The van der Waals surface area contributed by atoms with E-state index in [0.717, 1.165) is 27.9 Å². The molecule has 2 heterocycles. The van der Waals surface area contributed by atoms with Crippen molar-refractivity contribution in [3.8, 4) is 16.9 Å². The molecule has 0 saturated heterocycles. The van der Waals surface area contributed by atoms with Crippen molar-refractivity contribution in [3.63, 3.8) is 0 Å². The molecular formula is C13H12N4O.